The lowest BCUT2D eigenvalue weighted by Gasteiger charge is -2.31. The zero-order chi connectivity index (χ0) is 36.0. The van der Waals surface area contributed by atoms with E-state index >= 15 is 0 Å². The summed E-state index contributed by atoms with van der Waals surface area (Å²) in [5, 5.41) is 8.09. The van der Waals surface area contributed by atoms with Crippen LogP contribution in [0.2, 0.25) is 0 Å². The van der Waals surface area contributed by atoms with Crippen molar-refractivity contribution in [2.45, 2.75) is 45.4 Å². The van der Waals surface area contributed by atoms with E-state index in [4.69, 9.17) is 0 Å². The number of anilines is 2. The first-order valence-corrected chi connectivity index (χ1v) is 19.6. The summed E-state index contributed by atoms with van der Waals surface area (Å²) in [7, 11) is 0. The van der Waals surface area contributed by atoms with Gasteiger partial charge in [-0.3, -0.25) is 0 Å². The van der Waals surface area contributed by atoms with Gasteiger partial charge in [0.15, 0.2) is 0 Å². The first-order valence-electron chi connectivity index (χ1n) is 19.6. The highest BCUT2D eigenvalue weighted by Gasteiger charge is 2.26. The molecule has 0 aromatic heterocycles. The smallest absolute Gasteiger partial charge is 0.0465 e. The van der Waals surface area contributed by atoms with Crippen molar-refractivity contribution in [3.05, 3.63) is 190 Å². The second-order valence-corrected chi connectivity index (χ2v) is 15.0. The SMILES string of the molecule is Cc1cccc(N(C2=c3ccccc3=CCC2)c2ccc3c(c2)c2c(c4c(C5=CC=CCC5)cc(-c5ccccc5)c(-c5ccccc5)c43)C=CCC2)c1. The fourth-order valence-electron chi connectivity index (χ4n) is 9.28. The van der Waals surface area contributed by atoms with Crippen LogP contribution < -0.4 is 15.3 Å². The van der Waals surface area contributed by atoms with Gasteiger partial charge in [-0.25, -0.2) is 0 Å². The molecular formula is C53H43N. The minimum absolute atomic E-state index is 0.993. The molecule has 0 aliphatic heterocycles. The Kier molecular flexibility index (Phi) is 8.22. The highest BCUT2D eigenvalue weighted by Crippen LogP contribution is 2.50. The van der Waals surface area contributed by atoms with Gasteiger partial charge in [0.1, 0.15) is 0 Å². The zero-order valence-corrected chi connectivity index (χ0v) is 30.9. The Balaban J connectivity index is 1.36. The highest BCUT2D eigenvalue weighted by atomic mass is 15.1. The molecule has 1 nitrogen and oxygen atoms in total. The molecule has 0 fully saturated rings. The summed E-state index contributed by atoms with van der Waals surface area (Å²) < 4.78 is 0. The average Bonchev–Trinajstić information content (AvgIpc) is 3.24. The van der Waals surface area contributed by atoms with Gasteiger partial charge in [0.05, 0.1) is 0 Å². The summed E-state index contributed by atoms with van der Waals surface area (Å²) >= 11 is 0. The molecule has 0 bridgehead atoms. The van der Waals surface area contributed by atoms with Gasteiger partial charge in [-0.1, -0.05) is 140 Å². The largest absolute Gasteiger partial charge is 0.314 e. The number of allylic oxidation sites excluding steroid dienone is 5. The minimum atomic E-state index is 0.993. The second-order valence-electron chi connectivity index (χ2n) is 15.0. The first kappa shape index (κ1) is 32.5. The van der Waals surface area contributed by atoms with E-state index in [9.17, 15) is 0 Å². The standard InChI is InChI=1S/C53H43N/c1-36-17-15-26-41(33-36)54(50-30-16-25-37-22-11-12-27-43(37)50)42-31-32-46-49(34-42)44-28-13-14-29-45(44)52-48(39-20-7-3-8-21-39)35-47(38-18-5-2-6-19-38)51(53(46)52)40-23-9-4-10-24-40/h2-7,9-12,14-15,17-20,22-27,29,31-35H,8,13,16,21,28,30H2,1H3. The monoisotopic (exact) mass is 693 g/mol. The molecule has 0 heterocycles. The molecule has 3 aliphatic rings. The molecule has 0 spiro atoms. The van der Waals surface area contributed by atoms with Crippen LogP contribution in [-0.2, 0) is 6.42 Å². The maximum Gasteiger partial charge on any atom is 0.0465 e. The van der Waals surface area contributed by atoms with Gasteiger partial charge in [0.25, 0.3) is 0 Å². The van der Waals surface area contributed by atoms with Gasteiger partial charge in [-0.2, -0.15) is 0 Å². The summed E-state index contributed by atoms with van der Waals surface area (Å²) in [5.74, 6) is 0. The predicted octanol–water partition coefficient (Wildman–Crippen LogP) is 12.8. The molecule has 3 aliphatic carbocycles. The van der Waals surface area contributed by atoms with Crippen molar-refractivity contribution >= 4 is 56.3 Å². The van der Waals surface area contributed by atoms with Crippen LogP contribution in [-0.4, -0.2) is 0 Å². The Morgan fingerprint density at radius 2 is 1.33 bits per heavy atom. The van der Waals surface area contributed by atoms with Crippen LogP contribution in [0.1, 0.15) is 54.4 Å². The quantitative estimate of drug-likeness (QED) is 0.157. The Morgan fingerprint density at radius 3 is 2.15 bits per heavy atom. The molecule has 0 N–H and O–H groups in total. The molecule has 10 rings (SSSR count). The Morgan fingerprint density at radius 1 is 0.556 bits per heavy atom. The van der Waals surface area contributed by atoms with Crippen molar-refractivity contribution in [3.8, 4) is 22.3 Å². The van der Waals surface area contributed by atoms with Gasteiger partial charge in [-0.05, 0) is 153 Å². The number of hydrogen-bond acceptors (Lipinski definition) is 1. The summed E-state index contributed by atoms with van der Waals surface area (Å²) in [6.07, 6.45) is 20.4. The first-order chi connectivity index (χ1) is 26.7. The molecule has 0 amide bonds. The third kappa shape index (κ3) is 5.55. The minimum Gasteiger partial charge on any atom is -0.314 e. The van der Waals surface area contributed by atoms with Gasteiger partial charge < -0.3 is 4.90 Å². The van der Waals surface area contributed by atoms with E-state index < -0.39 is 0 Å². The van der Waals surface area contributed by atoms with E-state index in [0.717, 1.165) is 38.5 Å². The van der Waals surface area contributed by atoms with Crippen LogP contribution in [0.4, 0.5) is 11.4 Å². The number of hydrogen-bond donors (Lipinski definition) is 0. The lowest BCUT2D eigenvalue weighted by atomic mass is 9.77. The summed E-state index contributed by atoms with van der Waals surface area (Å²) in [6.45, 7) is 2.20. The molecule has 0 saturated carbocycles. The fourth-order valence-corrected chi connectivity index (χ4v) is 9.28. The fraction of sp³-hybridized carbons (Fsp3) is 0.132. The van der Waals surface area contributed by atoms with Gasteiger partial charge in [0.2, 0.25) is 0 Å². The summed E-state index contributed by atoms with van der Waals surface area (Å²) in [6, 6.07) is 50.0. The van der Waals surface area contributed by atoms with Crippen LogP contribution in [0.5, 0.6) is 0 Å². The molecule has 260 valence electrons. The molecule has 0 saturated heterocycles. The van der Waals surface area contributed by atoms with E-state index in [1.54, 1.807) is 0 Å². The summed E-state index contributed by atoms with van der Waals surface area (Å²) in [4.78, 5) is 2.55. The van der Waals surface area contributed by atoms with Gasteiger partial charge >= 0.3 is 0 Å². The van der Waals surface area contributed by atoms with E-state index in [1.807, 2.05) is 0 Å². The van der Waals surface area contributed by atoms with E-state index in [2.05, 4.69) is 182 Å². The second kappa shape index (κ2) is 13.7. The highest BCUT2D eigenvalue weighted by molar-refractivity contribution is 6.24. The van der Waals surface area contributed by atoms with Gasteiger partial charge in [-0.15, -0.1) is 0 Å². The van der Waals surface area contributed by atoms with E-state index in [0.29, 0.717) is 0 Å². The molecule has 7 aromatic carbocycles. The zero-order valence-electron chi connectivity index (χ0n) is 30.9. The van der Waals surface area contributed by atoms with Crippen LogP contribution >= 0.6 is 0 Å². The molecule has 0 atom stereocenters. The van der Waals surface area contributed by atoms with Crippen molar-refractivity contribution in [3.63, 3.8) is 0 Å². The summed E-state index contributed by atoms with van der Waals surface area (Å²) in [5.41, 5.74) is 15.8. The van der Waals surface area contributed by atoms with Crippen LogP contribution in [0, 0.1) is 6.92 Å². The number of rotatable bonds is 6. The lowest BCUT2D eigenvalue weighted by molar-refractivity contribution is 0.999. The predicted molar refractivity (Wildman–Crippen MR) is 232 cm³/mol. The average molecular weight is 694 g/mol. The number of benzene rings is 7. The third-order valence-corrected chi connectivity index (χ3v) is 11.7. The maximum absolute atomic E-state index is 2.55. The number of nitrogens with zero attached hydrogens (tertiary/aromatic N) is 1. The van der Waals surface area contributed by atoms with Crippen molar-refractivity contribution < 1.29 is 0 Å². The maximum atomic E-state index is 2.55. The van der Waals surface area contributed by atoms with Crippen molar-refractivity contribution in [1.29, 1.82) is 0 Å². The van der Waals surface area contributed by atoms with E-state index in [1.165, 1.54) is 99.1 Å². The number of fused-ring (bicyclic) bond motifs is 7. The molecule has 0 unspecified atom stereocenters. The van der Waals surface area contributed by atoms with Crippen LogP contribution in [0.15, 0.2) is 158 Å². The molecule has 1 heteroatoms. The third-order valence-electron chi connectivity index (χ3n) is 11.7. The Labute approximate surface area is 318 Å². The van der Waals surface area contributed by atoms with Crippen LogP contribution in [0.25, 0.3) is 67.2 Å². The van der Waals surface area contributed by atoms with Crippen molar-refractivity contribution in [2.24, 2.45) is 0 Å². The lowest BCUT2D eigenvalue weighted by Crippen LogP contribution is -2.34. The van der Waals surface area contributed by atoms with Crippen molar-refractivity contribution in [2.75, 3.05) is 4.90 Å². The molecule has 0 radical (unpaired) electrons. The molecule has 54 heavy (non-hydrogen) atoms. The molecular weight excluding hydrogens is 651 g/mol. The normalized spacial score (nSPS) is 14.8. The number of aryl methyl sites for hydroxylation is 2. The van der Waals surface area contributed by atoms with E-state index in [-0.39, 0.29) is 0 Å². The van der Waals surface area contributed by atoms with Gasteiger partial charge in [0, 0.05) is 22.3 Å². The molecule has 7 aromatic rings. The Bertz CT molecular complexity index is 2820. The Hall–Kier alpha value is -6.18. The topological polar surface area (TPSA) is 3.24 Å². The van der Waals surface area contributed by atoms with Crippen LogP contribution in [0.3, 0.4) is 0 Å². The van der Waals surface area contributed by atoms with Crippen molar-refractivity contribution in [1.82, 2.24) is 0 Å².